The van der Waals surface area contributed by atoms with E-state index in [4.69, 9.17) is 0 Å². The van der Waals surface area contributed by atoms with Gasteiger partial charge in [-0.2, -0.15) is 0 Å². The molecular formula is C13H19NO2S. The van der Waals surface area contributed by atoms with Crippen molar-refractivity contribution in [2.45, 2.75) is 36.6 Å². The minimum absolute atomic E-state index is 0.381. The fourth-order valence-electron chi connectivity index (χ4n) is 2.26. The number of benzene rings is 1. The Morgan fingerprint density at radius 1 is 1.12 bits per heavy atom. The van der Waals surface area contributed by atoms with Gasteiger partial charge in [-0.25, -0.2) is 8.42 Å². The summed E-state index contributed by atoms with van der Waals surface area (Å²) in [5.41, 5.74) is 1.19. The van der Waals surface area contributed by atoms with Crippen molar-refractivity contribution in [2.24, 2.45) is 0 Å². The highest BCUT2D eigenvalue weighted by atomic mass is 32.2. The highest BCUT2D eigenvalue weighted by Gasteiger charge is 2.14. The third-order valence-electron chi connectivity index (χ3n) is 3.27. The van der Waals surface area contributed by atoms with E-state index in [1.807, 2.05) is 12.1 Å². The molecule has 1 saturated heterocycles. The zero-order chi connectivity index (χ0) is 12.3. The van der Waals surface area contributed by atoms with Crippen LogP contribution in [-0.2, 0) is 9.84 Å². The number of rotatable bonds is 2. The van der Waals surface area contributed by atoms with Crippen LogP contribution in [0.5, 0.6) is 0 Å². The Bertz CT molecular complexity index is 457. The van der Waals surface area contributed by atoms with E-state index in [1.54, 1.807) is 12.1 Å². The molecule has 17 heavy (non-hydrogen) atoms. The van der Waals surface area contributed by atoms with Gasteiger partial charge in [0, 0.05) is 12.3 Å². The predicted molar refractivity (Wildman–Crippen MR) is 68.8 cm³/mol. The summed E-state index contributed by atoms with van der Waals surface area (Å²) in [5, 5.41) is 3.51. The van der Waals surface area contributed by atoms with E-state index in [9.17, 15) is 8.42 Å². The Labute approximate surface area is 103 Å². The second-order valence-electron chi connectivity index (χ2n) is 4.70. The second-order valence-corrected chi connectivity index (χ2v) is 6.71. The molecule has 0 spiro atoms. The summed E-state index contributed by atoms with van der Waals surface area (Å²) < 4.78 is 22.7. The number of hydrogen-bond acceptors (Lipinski definition) is 3. The van der Waals surface area contributed by atoms with Crippen LogP contribution in [0.1, 0.15) is 37.3 Å². The SMILES string of the molecule is CS(=O)(=O)c1ccc(C2CCCCCN2)cc1. The number of nitrogens with one attached hydrogen (secondary N) is 1. The average molecular weight is 253 g/mol. The van der Waals surface area contributed by atoms with Crippen LogP contribution in [0.2, 0.25) is 0 Å². The average Bonchev–Trinajstić information content (AvgIpc) is 2.56. The smallest absolute Gasteiger partial charge is 0.175 e. The molecule has 1 heterocycles. The molecule has 0 bridgehead atoms. The Balaban J connectivity index is 2.17. The molecule has 0 aromatic heterocycles. The molecule has 3 nitrogen and oxygen atoms in total. The zero-order valence-electron chi connectivity index (χ0n) is 10.1. The highest BCUT2D eigenvalue weighted by molar-refractivity contribution is 7.90. The Kier molecular flexibility index (Phi) is 3.84. The van der Waals surface area contributed by atoms with E-state index < -0.39 is 9.84 Å². The predicted octanol–water partition coefficient (Wildman–Crippen LogP) is 2.29. The summed E-state index contributed by atoms with van der Waals surface area (Å²) in [4.78, 5) is 0.398. The molecule has 94 valence electrons. The molecule has 1 unspecified atom stereocenters. The van der Waals surface area contributed by atoms with Gasteiger partial charge in [-0.3, -0.25) is 0 Å². The Hall–Kier alpha value is -0.870. The topological polar surface area (TPSA) is 46.2 Å². The van der Waals surface area contributed by atoms with Gasteiger partial charge in [0.15, 0.2) is 9.84 Å². The highest BCUT2D eigenvalue weighted by Crippen LogP contribution is 2.23. The van der Waals surface area contributed by atoms with Gasteiger partial charge in [-0.15, -0.1) is 0 Å². The van der Waals surface area contributed by atoms with E-state index in [0.717, 1.165) is 13.0 Å². The van der Waals surface area contributed by atoms with E-state index in [1.165, 1.54) is 31.1 Å². The molecule has 0 saturated carbocycles. The van der Waals surface area contributed by atoms with Crippen LogP contribution >= 0.6 is 0 Å². The number of hydrogen-bond donors (Lipinski definition) is 1. The van der Waals surface area contributed by atoms with Crippen molar-refractivity contribution in [1.82, 2.24) is 5.32 Å². The normalized spacial score (nSPS) is 22.1. The molecule has 0 radical (unpaired) electrons. The first-order valence-corrected chi connectivity index (χ1v) is 8.00. The summed E-state index contributed by atoms with van der Waals surface area (Å²) in [7, 11) is -3.08. The van der Waals surface area contributed by atoms with E-state index in [0.29, 0.717) is 10.9 Å². The molecule has 1 aliphatic heterocycles. The third kappa shape index (κ3) is 3.30. The van der Waals surface area contributed by atoms with Crippen LogP contribution in [0, 0.1) is 0 Å². The van der Waals surface area contributed by atoms with Crippen LogP contribution in [0.25, 0.3) is 0 Å². The molecular weight excluding hydrogens is 234 g/mol. The summed E-state index contributed by atoms with van der Waals surface area (Å²) in [6.07, 6.45) is 6.14. The molecule has 0 aliphatic carbocycles. The van der Waals surface area contributed by atoms with Crippen molar-refractivity contribution in [3.63, 3.8) is 0 Å². The van der Waals surface area contributed by atoms with Crippen molar-refractivity contribution in [2.75, 3.05) is 12.8 Å². The van der Waals surface area contributed by atoms with E-state index in [-0.39, 0.29) is 0 Å². The molecule has 0 amide bonds. The maximum atomic E-state index is 11.4. The molecule has 1 fully saturated rings. The lowest BCUT2D eigenvalue weighted by Crippen LogP contribution is -2.20. The van der Waals surface area contributed by atoms with Gasteiger partial charge in [0.2, 0.25) is 0 Å². The van der Waals surface area contributed by atoms with Gasteiger partial charge in [-0.1, -0.05) is 25.0 Å². The van der Waals surface area contributed by atoms with Crippen molar-refractivity contribution in [3.05, 3.63) is 29.8 Å². The minimum atomic E-state index is -3.08. The van der Waals surface area contributed by atoms with Crippen molar-refractivity contribution >= 4 is 9.84 Å². The fourth-order valence-corrected chi connectivity index (χ4v) is 2.89. The summed E-state index contributed by atoms with van der Waals surface area (Å²) >= 11 is 0. The van der Waals surface area contributed by atoms with Crippen molar-refractivity contribution < 1.29 is 8.42 Å². The van der Waals surface area contributed by atoms with Gasteiger partial charge in [0.1, 0.15) is 0 Å². The van der Waals surface area contributed by atoms with E-state index in [2.05, 4.69) is 5.32 Å². The lowest BCUT2D eigenvalue weighted by Gasteiger charge is -2.16. The van der Waals surface area contributed by atoms with E-state index >= 15 is 0 Å². The first-order chi connectivity index (χ1) is 8.07. The van der Waals surface area contributed by atoms with Gasteiger partial charge in [0.25, 0.3) is 0 Å². The quantitative estimate of drug-likeness (QED) is 0.879. The molecule has 2 rings (SSSR count). The van der Waals surface area contributed by atoms with Gasteiger partial charge in [0.05, 0.1) is 4.90 Å². The molecule has 1 aromatic carbocycles. The van der Waals surface area contributed by atoms with Gasteiger partial charge in [-0.05, 0) is 37.1 Å². The first-order valence-electron chi connectivity index (χ1n) is 6.11. The minimum Gasteiger partial charge on any atom is -0.310 e. The van der Waals surface area contributed by atoms with Crippen LogP contribution in [0.15, 0.2) is 29.2 Å². The molecule has 1 atom stereocenters. The van der Waals surface area contributed by atoms with Crippen LogP contribution < -0.4 is 5.32 Å². The third-order valence-corrected chi connectivity index (χ3v) is 4.40. The zero-order valence-corrected chi connectivity index (χ0v) is 11.0. The standard InChI is InChI=1S/C13H19NO2S/c1-17(15,16)12-8-6-11(7-9-12)13-5-3-2-4-10-14-13/h6-9,13-14H,2-5,10H2,1H3. The van der Waals surface area contributed by atoms with Gasteiger partial charge < -0.3 is 5.32 Å². The molecule has 1 N–H and O–H groups in total. The maximum Gasteiger partial charge on any atom is 0.175 e. The Morgan fingerprint density at radius 2 is 1.82 bits per heavy atom. The Morgan fingerprint density at radius 3 is 2.47 bits per heavy atom. The van der Waals surface area contributed by atoms with Crippen LogP contribution in [0.3, 0.4) is 0 Å². The lowest BCUT2D eigenvalue weighted by molar-refractivity contribution is 0.534. The molecule has 1 aromatic rings. The summed E-state index contributed by atoms with van der Waals surface area (Å²) in [5.74, 6) is 0. The van der Waals surface area contributed by atoms with Gasteiger partial charge >= 0.3 is 0 Å². The summed E-state index contributed by atoms with van der Waals surface area (Å²) in [6.45, 7) is 1.05. The lowest BCUT2D eigenvalue weighted by atomic mass is 10.0. The van der Waals surface area contributed by atoms with Crippen molar-refractivity contribution in [1.29, 1.82) is 0 Å². The number of sulfone groups is 1. The largest absolute Gasteiger partial charge is 0.310 e. The first kappa shape index (κ1) is 12.6. The summed E-state index contributed by atoms with van der Waals surface area (Å²) in [6, 6.07) is 7.65. The molecule has 1 aliphatic rings. The molecule has 4 heteroatoms. The van der Waals surface area contributed by atoms with Crippen molar-refractivity contribution in [3.8, 4) is 0 Å². The monoisotopic (exact) mass is 253 g/mol. The van der Waals surface area contributed by atoms with Crippen LogP contribution in [-0.4, -0.2) is 21.2 Å². The maximum absolute atomic E-state index is 11.4. The second kappa shape index (κ2) is 5.19. The van der Waals surface area contributed by atoms with Crippen LogP contribution in [0.4, 0.5) is 0 Å². The fraction of sp³-hybridized carbons (Fsp3) is 0.538.